The van der Waals surface area contributed by atoms with Crippen LogP contribution in [0.25, 0.3) is 0 Å². The zero-order valence-corrected chi connectivity index (χ0v) is 10.4. The molecule has 0 amide bonds. The van der Waals surface area contributed by atoms with Crippen molar-refractivity contribution in [1.29, 1.82) is 0 Å². The fraction of sp³-hybridized carbons (Fsp3) is 0.750. The molecule has 15 heavy (non-hydrogen) atoms. The molecule has 0 saturated heterocycles. The summed E-state index contributed by atoms with van der Waals surface area (Å²) in [7, 11) is 0. The van der Waals surface area contributed by atoms with Crippen LogP contribution >= 0.6 is 0 Å². The Balaban J connectivity index is 3.01. The molecule has 86 valence electrons. The Morgan fingerprint density at radius 2 is 1.87 bits per heavy atom. The molecule has 0 radical (unpaired) electrons. The quantitative estimate of drug-likeness (QED) is 0.778. The molecule has 0 atom stereocenters. The molecule has 0 aliphatic heterocycles. The number of hydrogen-bond donors (Lipinski definition) is 1. The summed E-state index contributed by atoms with van der Waals surface area (Å²) in [5.41, 5.74) is 4.08. The van der Waals surface area contributed by atoms with Crippen LogP contribution in [0.2, 0.25) is 0 Å². The topological polar surface area (TPSA) is 29.9 Å². The summed E-state index contributed by atoms with van der Waals surface area (Å²) in [5.74, 6) is 0. The lowest BCUT2D eigenvalue weighted by molar-refractivity contribution is 0.615. The van der Waals surface area contributed by atoms with Crippen molar-refractivity contribution < 1.29 is 0 Å². The van der Waals surface area contributed by atoms with Crippen LogP contribution in [0.4, 0.5) is 0 Å². The van der Waals surface area contributed by atoms with Gasteiger partial charge in [-0.2, -0.15) is 5.10 Å². The zero-order chi connectivity index (χ0) is 11.3. The highest BCUT2D eigenvalue weighted by Crippen LogP contribution is 2.16. The van der Waals surface area contributed by atoms with E-state index in [0.717, 1.165) is 32.5 Å². The van der Waals surface area contributed by atoms with Crippen molar-refractivity contribution in [3.05, 3.63) is 17.0 Å². The Hall–Kier alpha value is -0.830. The maximum absolute atomic E-state index is 4.65. The van der Waals surface area contributed by atoms with Crippen molar-refractivity contribution in [2.45, 2.75) is 53.6 Å². The van der Waals surface area contributed by atoms with Crippen LogP contribution in [-0.4, -0.2) is 16.3 Å². The molecule has 3 nitrogen and oxygen atoms in total. The van der Waals surface area contributed by atoms with E-state index in [1.165, 1.54) is 17.0 Å². The van der Waals surface area contributed by atoms with Crippen molar-refractivity contribution in [2.24, 2.45) is 0 Å². The first kappa shape index (κ1) is 12.2. The van der Waals surface area contributed by atoms with Crippen LogP contribution in [0, 0.1) is 0 Å². The second kappa shape index (κ2) is 5.91. The SMILES string of the molecule is CCNCc1c(CC)nn(CC)c1CC. The molecule has 0 saturated carbocycles. The molecule has 1 rings (SSSR count). The fourth-order valence-electron chi connectivity index (χ4n) is 1.98. The van der Waals surface area contributed by atoms with E-state index >= 15 is 0 Å². The molecule has 1 aromatic rings. The van der Waals surface area contributed by atoms with Crippen LogP contribution in [0.3, 0.4) is 0 Å². The van der Waals surface area contributed by atoms with E-state index in [-0.39, 0.29) is 0 Å². The Morgan fingerprint density at radius 1 is 1.13 bits per heavy atom. The number of aromatic nitrogens is 2. The van der Waals surface area contributed by atoms with Gasteiger partial charge in [-0.25, -0.2) is 0 Å². The first-order valence-corrected chi connectivity index (χ1v) is 6.06. The minimum Gasteiger partial charge on any atom is -0.313 e. The Bertz CT molecular complexity index is 302. The van der Waals surface area contributed by atoms with Crippen molar-refractivity contribution in [3.63, 3.8) is 0 Å². The molecule has 1 aromatic heterocycles. The predicted molar refractivity (Wildman–Crippen MR) is 64.0 cm³/mol. The predicted octanol–water partition coefficient (Wildman–Crippen LogP) is 2.14. The van der Waals surface area contributed by atoms with Crippen LogP contribution in [0.5, 0.6) is 0 Å². The van der Waals surface area contributed by atoms with E-state index in [9.17, 15) is 0 Å². The zero-order valence-electron chi connectivity index (χ0n) is 10.4. The van der Waals surface area contributed by atoms with Gasteiger partial charge in [0.25, 0.3) is 0 Å². The molecular weight excluding hydrogens is 186 g/mol. The summed E-state index contributed by atoms with van der Waals surface area (Å²) < 4.78 is 2.14. The van der Waals surface area contributed by atoms with E-state index < -0.39 is 0 Å². The van der Waals surface area contributed by atoms with Crippen LogP contribution < -0.4 is 5.32 Å². The summed E-state index contributed by atoms with van der Waals surface area (Å²) in [4.78, 5) is 0. The van der Waals surface area contributed by atoms with Gasteiger partial charge in [-0.1, -0.05) is 20.8 Å². The van der Waals surface area contributed by atoms with Crippen LogP contribution in [0.1, 0.15) is 44.6 Å². The molecule has 1 N–H and O–H groups in total. The standard InChI is InChI=1S/C12H23N3/c1-5-11-10(9-13-7-3)12(6-2)15(8-4)14-11/h13H,5-9H2,1-4H3. The Kier molecular flexibility index (Phi) is 4.82. The summed E-state index contributed by atoms with van der Waals surface area (Å²) in [6, 6.07) is 0. The summed E-state index contributed by atoms with van der Waals surface area (Å²) in [5, 5.41) is 8.05. The minimum absolute atomic E-state index is 0.961. The average molecular weight is 209 g/mol. The van der Waals surface area contributed by atoms with Crippen molar-refractivity contribution in [3.8, 4) is 0 Å². The van der Waals surface area contributed by atoms with Crippen LogP contribution in [-0.2, 0) is 25.9 Å². The molecule has 3 heteroatoms. The fourth-order valence-corrected chi connectivity index (χ4v) is 1.98. The first-order valence-electron chi connectivity index (χ1n) is 6.06. The molecular formula is C12H23N3. The van der Waals surface area contributed by atoms with Gasteiger partial charge in [-0.3, -0.25) is 4.68 Å². The second-order valence-electron chi connectivity index (χ2n) is 3.68. The largest absolute Gasteiger partial charge is 0.313 e. The number of nitrogens with zero attached hydrogens (tertiary/aromatic N) is 2. The lowest BCUT2D eigenvalue weighted by Crippen LogP contribution is -2.14. The van der Waals surface area contributed by atoms with Crippen LogP contribution in [0.15, 0.2) is 0 Å². The van der Waals surface area contributed by atoms with Gasteiger partial charge < -0.3 is 5.32 Å². The molecule has 0 fully saturated rings. The lowest BCUT2D eigenvalue weighted by Gasteiger charge is -2.06. The summed E-state index contributed by atoms with van der Waals surface area (Å²) >= 11 is 0. The third kappa shape index (κ3) is 2.59. The second-order valence-corrected chi connectivity index (χ2v) is 3.68. The molecule has 0 bridgehead atoms. The summed E-state index contributed by atoms with van der Waals surface area (Å²) in [6.45, 7) is 11.6. The van der Waals surface area contributed by atoms with Gasteiger partial charge in [0, 0.05) is 24.3 Å². The minimum atomic E-state index is 0.961. The number of nitrogens with one attached hydrogen (secondary N) is 1. The van der Waals surface area contributed by atoms with Crippen molar-refractivity contribution in [2.75, 3.05) is 6.54 Å². The molecule has 0 aliphatic rings. The third-order valence-corrected chi connectivity index (χ3v) is 2.77. The number of aryl methyl sites for hydroxylation is 2. The highest BCUT2D eigenvalue weighted by Gasteiger charge is 2.13. The Morgan fingerprint density at radius 3 is 2.33 bits per heavy atom. The van der Waals surface area contributed by atoms with Gasteiger partial charge in [-0.15, -0.1) is 0 Å². The van der Waals surface area contributed by atoms with E-state index in [1.807, 2.05) is 0 Å². The average Bonchev–Trinajstić information content (AvgIpc) is 2.62. The molecule has 1 heterocycles. The molecule has 0 spiro atoms. The van der Waals surface area contributed by atoms with E-state index in [1.54, 1.807) is 0 Å². The van der Waals surface area contributed by atoms with Gasteiger partial charge in [0.1, 0.15) is 0 Å². The maximum atomic E-state index is 4.65. The smallest absolute Gasteiger partial charge is 0.0669 e. The van der Waals surface area contributed by atoms with E-state index in [2.05, 4.69) is 42.8 Å². The van der Waals surface area contributed by atoms with E-state index in [4.69, 9.17) is 0 Å². The summed E-state index contributed by atoms with van der Waals surface area (Å²) in [6.07, 6.45) is 2.10. The third-order valence-electron chi connectivity index (χ3n) is 2.77. The number of rotatable bonds is 6. The number of hydrogen-bond acceptors (Lipinski definition) is 2. The van der Waals surface area contributed by atoms with Gasteiger partial charge in [0.2, 0.25) is 0 Å². The Labute approximate surface area is 92.9 Å². The van der Waals surface area contributed by atoms with Gasteiger partial charge >= 0.3 is 0 Å². The maximum Gasteiger partial charge on any atom is 0.0669 e. The lowest BCUT2D eigenvalue weighted by atomic mass is 10.1. The molecule has 0 unspecified atom stereocenters. The highest BCUT2D eigenvalue weighted by molar-refractivity contribution is 5.26. The normalized spacial score (nSPS) is 10.9. The first-order chi connectivity index (χ1) is 7.28. The highest BCUT2D eigenvalue weighted by atomic mass is 15.3. The van der Waals surface area contributed by atoms with Gasteiger partial charge in [-0.05, 0) is 26.3 Å². The van der Waals surface area contributed by atoms with Crippen molar-refractivity contribution >= 4 is 0 Å². The molecule has 0 aliphatic carbocycles. The van der Waals surface area contributed by atoms with Gasteiger partial charge in [0.15, 0.2) is 0 Å². The van der Waals surface area contributed by atoms with E-state index in [0.29, 0.717) is 0 Å². The monoisotopic (exact) mass is 209 g/mol. The molecule has 0 aromatic carbocycles. The van der Waals surface area contributed by atoms with Crippen molar-refractivity contribution in [1.82, 2.24) is 15.1 Å². The van der Waals surface area contributed by atoms with Gasteiger partial charge in [0.05, 0.1) is 5.69 Å².